The normalized spacial score (nSPS) is 12.5. The molecule has 1 unspecified atom stereocenters. The standard InChI is InChI=1S/C14H21NOS/c1-5-10-8-11(6-7-12(10)16-4)13(9(2)3)14(15)17/h6-9,13H,5H2,1-4H3,(H2,15,17). The van der Waals surface area contributed by atoms with Crippen LogP contribution in [0.1, 0.15) is 37.8 Å². The van der Waals surface area contributed by atoms with Crippen molar-refractivity contribution in [2.75, 3.05) is 7.11 Å². The predicted octanol–water partition coefficient (Wildman–Crippen LogP) is 3.28. The summed E-state index contributed by atoms with van der Waals surface area (Å²) < 4.78 is 5.33. The first kappa shape index (κ1) is 14.0. The lowest BCUT2D eigenvalue weighted by Gasteiger charge is -2.21. The molecule has 0 fully saturated rings. The first-order chi connectivity index (χ1) is 8.01. The summed E-state index contributed by atoms with van der Waals surface area (Å²) in [6, 6.07) is 6.21. The maximum absolute atomic E-state index is 5.83. The summed E-state index contributed by atoms with van der Waals surface area (Å²) >= 11 is 5.16. The fourth-order valence-corrected chi connectivity index (χ4v) is 2.55. The maximum atomic E-state index is 5.83. The van der Waals surface area contributed by atoms with Crippen LogP contribution in [0.5, 0.6) is 5.75 Å². The van der Waals surface area contributed by atoms with Crippen LogP contribution in [0.25, 0.3) is 0 Å². The summed E-state index contributed by atoms with van der Waals surface area (Å²) in [6.07, 6.45) is 0.944. The van der Waals surface area contributed by atoms with Crippen LogP contribution in [0.2, 0.25) is 0 Å². The lowest BCUT2D eigenvalue weighted by Crippen LogP contribution is -2.23. The molecule has 0 heterocycles. The molecule has 2 nitrogen and oxygen atoms in total. The minimum Gasteiger partial charge on any atom is -0.496 e. The number of thiocarbonyl (C=S) groups is 1. The van der Waals surface area contributed by atoms with Crippen LogP contribution < -0.4 is 10.5 Å². The molecule has 0 spiro atoms. The van der Waals surface area contributed by atoms with Crippen LogP contribution in [-0.2, 0) is 6.42 Å². The van der Waals surface area contributed by atoms with Gasteiger partial charge in [0.2, 0.25) is 0 Å². The number of hydrogen-bond donors (Lipinski definition) is 1. The van der Waals surface area contributed by atoms with Crippen LogP contribution in [0, 0.1) is 5.92 Å². The molecule has 1 aromatic carbocycles. The van der Waals surface area contributed by atoms with Gasteiger partial charge in [-0.3, -0.25) is 0 Å². The smallest absolute Gasteiger partial charge is 0.122 e. The van der Waals surface area contributed by atoms with Crippen LogP contribution in [-0.4, -0.2) is 12.1 Å². The van der Waals surface area contributed by atoms with Crippen LogP contribution in [0.3, 0.4) is 0 Å². The van der Waals surface area contributed by atoms with Gasteiger partial charge in [0.15, 0.2) is 0 Å². The highest BCUT2D eigenvalue weighted by molar-refractivity contribution is 7.80. The molecule has 17 heavy (non-hydrogen) atoms. The molecule has 0 aromatic heterocycles. The summed E-state index contributed by atoms with van der Waals surface area (Å²) in [5.41, 5.74) is 8.22. The van der Waals surface area contributed by atoms with Crippen molar-refractivity contribution >= 4 is 17.2 Å². The van der Waals surface area contributed by atoms with E-state index in [1.54, 1.807) is 7.11 Å². The fourth-order valence-electron chi connectivity index (χ4n) is 2.15. The molecule has 0 saturated heterocycles. The highest BCUT2D eigenvalue weighted by Gasteiger charge is 2.19. The number of rotatable bonds is 5. The van der Waals surface area contributed by atoms with Gasteiger partial charge in [0.25, 0.3) is 0 Å². The summed E-state index contributed by atoms with van der Waals surface area (Å²) in [4.78, 5) is 0.562. The van der Waals surface area contributed by atoms with E-state index in [1.165, 1.54) is 11.1 Å². The van der Waals surface area contributed by atoms with E-state index in [4.69, 9.17) is 22.7 Å². The minimum atomic E-state index is 0.140. The first-order valence-corrected chi connectivity index (χ1v) is 6.38. The number of aryl methyl sites for hydroxylation is 1. The molecule has 3 heteroatoms. The molecule has 1 rings (SSSR count). The second-order valence-corrected chi connectivity index (χ2v) is 5.02. The van der Waals surface area contributed by atoms with Crippen molar-refractivity contribution in [2.45, 2.75) is 33.1 Å². The second kappa shape index (κ2) is 6.01. The third-order valence-electron chi connectivity index (χ3n) is 3.02. The summed E-state index contributed by atoms with van der Waals surface area (Å²) in [7, 11) is 1.70. The molecule has 0 saturated carbocycles. The Kier molecular flexibility index (Phi) is 4.94. The number of hydrogen-bond acceptors (Lipinski definition) is 2. The maximum Gasteiger partial charge on any atom is 0.122 e. The number of methoxy groups -OCH3 is 1. The Hall–Kier alpha value is -1.09. The van der Waals surface area contributed by atoms with Crippen molar-refractivity contribution in [3.05, 3.63) is 29.3 Å². The Morgan fingerprint density at radius 1 is 1.41 bits per heavy atom. The van der Waals surface area contributed by atoms with Gasteiger partial charge in [-0.05, 0) is 29.5 Å². The number of nitrogens with two attached hydrogens (primary N) is 1. The zero-order valence-corrected chi connectivity index (χ0v) is 11.8. The molecule has 0 aliphatic carbocycles. The second-order valence-electron chi connectivity index (χ2n) is 4.55. The molecule has 0 radical (unpaired) electrons. The third-order valence-corrected chi connectivity index (χ3v) is 3.27. The summed E-state index contributed by atoms with van der Waals surface area (Å²) in [5, 5.41) is 0. The van der Waals surface area contributed by atoms with Gasteiger partial charge in [0, 0.05) is 5.92 Å². The molecule has 2 N–H and O–H groups in total. The van der Waals surface area contributed by atoms with E-state index in [9.17, 15) is 0 Å². The van der Waals surface area contributed by atoms with E-state index in [0.717, 1.165) is 12.2 Å². The molecule has 94 valence electrons. The van der Waals surface area contributed by atoms with Gasteiger partial charge in [0.1, 0.15) is 5.75 Å². The van der Waals surface area contributed by atoms with E-state index in [0.29, 0.717) is 10.9 Å². The molecule has 0 amide bonds. The largest absolute Gasteiger partial charge is 0.496 e. The SMILES string of the molecule is CCc1cc(C(C(N)=S)C(C)C)ccc1OC. The van der Waals surface area contributed by atoms with Gasteiger partial charge in [0.05, 0.1) is 12.1 Å². The van der Waals surface area contributed by atoms with Crippen molar-refractivity contribution in [1.29, 1.82) is 0 Å². The van der Waals surface area contributed by atoms with Gasteiger partial charge in [-0.15, -0.1) is 0 Å². The Labute approximate surface area is 109 Å². The average Bonchev–Trinajstić information content (AvgIpc) is 2.27. The van der Waals surface area contributed by atoms with E-state index < -0.39 is 0 Å². The Balaban J connectivity index is 3.17. The molecule has 1 atom stereocenters. The Morgan fingerprint density at radius 3 is 2.47 bits per heavy atom. The Bertz CT molecular complexity index is 401. The zero-order valence-electron chi connectivity index (χ0n) is 11.0. The quantitative estimate of drug-likeness (QED) is 0.816. The topological polar surface area (TPSA) is 35.2 Å². The molecule has 0 bridgehead atoms. The lowest BCUT2D eigenvalue weighted by atomic mass is 9.87. The van der Waals surface area contributed by atoms with Crippen molar-refractivity contribution in [3.63, 3.8) is 0 Å². The van der Waals surface area contributed by atoms with E-state index in [1.807, 2.05) is 6.07 Å². The van der Waals surface area contributed by atoms with E-state index in [-0.39, 0.29) is 5.92 Å². The fraction of sp³-hybridized carbons (Fsp3) is 0.500. The lowest BCUT2D eigenvalue weighted by molar-refractivity contribution is 0.409. The van der Waals surface area contributed by atoms with E-state index in [2.05, 4.69) is 32.9 Å². The minimum absolute atomic E-state index is 0.140. The van der Waals surface area contributed by atoms with Crippen LogP contribution in [0.15, 0.2) is 18.2 Å². The van der Waals surface area contributed by atoms with Crippen molar-refractivity contribution in [1.82, 2.24) is 0 Å². The summed E-state index contributed by atoms with van der Waals surface area (Å²) in [6.45, 7) is 6.39. The highest BCUT2D eigenvalue weighted by Crippen LogP contribution is 2.29. The molecule has 1 aromatic rings. The van der Waals surface area contributed by atoms with Gasteiger partial charge in [-0.2, -0.15) is 0 Å². The first-order valence-electron chi connectivity index (χ1n) is 5.97. The summed E-state index contributed by atoms with van der Waals surface area (Å²) in [5.74, 6) is 1.48. The highest BCUT2D eigenvalue weighted by atomic mass is 32.1. The number of benzene rings is 1. The average molecular weight is 251 g/mol. The zero-order chi connectivity index (χ0) is 13.0. The monoisotopic (exact) mass is 251 g/mol. The van der Waals surface area contributed by atoms with Crippen molar-refractivity contribution in [2.24, 2.45) is 11.7 Å². The van der Waals surface area contributed by atoms with Crippen molar-refractivity contribution in [3.8, 4) is 5.75 Å². The predicted molar refractivity (Wildman–Crippen MR) is 76.7 cm³/mol. The molecule has 0 aliphatic rings. The molecular formula is C14H21NOS. The number of ether oxygens (including phenoxy) is 1. The van der Waals surface area contributed by atoms with Crippen LogP contribution >= 0.6 is 12.2 Å². The van der Waals surface area contributed by atoms with Crippen molar-refractivity contribution < 1.29 is 4.74 Å². The van der Waals surface area contributed by atoms with Crippen LogP contribution in [0.4, 0.5) is 0 Å². The third kappa shape index (κ3) is 3.19. The van der Waals surface area contributed by atoms with Gasteiger partial charge in [-0.1, -0.05) is 45.1 Å². The van der Waals surface area contributed by atoms with E-state index >= 15 is 0 Å². The molecule has 0 aliphatic heterocycles. The molecular weight excluding hydrogens is 230 g/mol. The Morgan fingerprint density at radius 2 is 2.06 bits per heavy atom. The van der Waals surface area contributed by atoms with Gasteiger partial charge >= 0.3 is 0 Å². The van der Waals surface area contributed by atoms with Gasteiger partial charge in [-0.25, -0.2) is 0 Å². The van der Waals surface area contributed by atoms with Gasteiger partial charge < -0.3 is 10.5 Å².